The lowest BCUT2D eigenvalue weighted by molar-refractivity contribution is -0.0399. The van der Waals surface area contributed by atoms with Crippen LogP contribution in [0, 0.1) is 23.7 Å². The quantitative estimate of drug-likeness (QED) is 0.177. The fourth-order valence-corrected chi connectivity index (χ4v) is 14.1. The Morgan fingerprint density at radius 3 is 1.49 bits per heavy atom. The molecule has 0 N–H and O–H groups in total. The molecule has 4 saturated carbocycles. The molecule has 0 aromatic heterocycles. The van der Waals surface area contributed by atoms with Gasteiger partial charge < -0.3 is 4.90 Å². The molecule has 0 saturated heterocycles. The topological polar surface area (TPSA) is 3.24 Å². The summed E-state index contributed by atoms with van der Waals surface area (Å²) in [7, 11) is 0. The predicted octanol–water partition coefficient (Wildman–Crippen LogP) is 15.2. The molecular weight excluding hydrogens is 687 g/mol. The lowest BCUT2D eigenvalue weighted by Gasteiger charge is -2.61. The summed E-state index contributed by atoms with van der Waals surface area (Å²) in [6.07, 6.45) is 11.9. The largest absolute Gasteiger partial charge is 0.310 e. The number of anilines is 3. The first-order chi connectivity index (χ1) is 27.2. The number of rotatable bonds is 4. The van der Waals surface area contributed by atoms with Crippen molar-refractivity contribution in [2.24, 2.45) is 23.7 Å². The summed E-state index contributed by atoms with van der Waals surface area (Å²) in [6.45, 7) is 19.8. The maximum Gasteiger partial charge on any atom is 0.0543 e. The molecule has 7 aliphatic carbocycles. The van der Waals surface area contributed by atoms with E-state index in [9.17, 15) is 0 Å². The Balaban J connectivity index is 1.19. The van der Waals surface area contributed by atoms with Gasteiger partial charge in [0.05, 0.1) is 5.69 Å². The Hall–Kier alpha value is -4.10. The molecule has 5 aromatic carbocycles. The van der Waals surface area contributed by atoms with E-state index in [1.807, 2.05) is 0 Å². The van der Waals surface area contributed by atoms with E-state index in [4.69, 9.17) is 0 Å². The molecule has 0 unspecified atom stereocenters. The molecule has 1 heteroatoms. The molecule has 5 aromatic rings. The standard InChI is InChI=1S/C56H63N/c1-52(2)23-25-54(5,6)48-33-41(18-21-44(48)52)57(42-19-22-45-49(34-42)55(7,8)26-24-53(45,3)4)50-16-12-15-46-51(50)43-20-17-38(37-13-10-9-11-14-37)32-47(43)56(46)39-28-35-27-36(30-39)31-40(56)29-35/h9-22,32-36,39-40H,23-31H2,1-8H3. The molecule has 292 valence electrons. The van der Waals surface area contributed by atoms with E-state index in [0.717, 1.165) is 11.8 Å². The number of fused-ring (bicyclic) bond motifs is 5. The number of benzene rings is 5. The van der Waals surface area contributed by atoms with Crippen LogP contribution in [0.3, 0.4) is 0 Å². The maximum absolute atomic E-state index is 2.71. The van der Waals surface area contributed by atoms with Gasteiger partial charge in [-0.05, 0) is 190 Å². The lowest BCUT2D eigenvalue weighted by atomic mass is 9.43. The van der Waals surface area contributed by atoms with Crippen LogP contribution in [-0.2, 0) is 27.1 Å². The van der Waals surface area contributed by atoms with Crippen molar-refractivity contribution in [1.82, 2.24) is 0 Å². The van der Waals surface area contributed by atoms with Gasteiger partial charge >= 0.3 is 0 Å². The minimum absolute atomic E-state index is 0.0777. The number of hydrogen-bond acceptors (Lipinski definition) is 1. The molecule has 12 rings (SSSR count). The highest BCUT2D eigenvalue weighted by molar-refractivity contribution is 5.96. The molecule has 4 bridgehead atoms. The monoisotopic (exact) mass is 749 g/mol. The van der Waals surface area contributed by atoms with Crippen LogP contribution >= 0.6 is 0 Å². The fourth-order valence-electron chi connectivity index (χ4n) is 14.1. The van der Waals surface area contributed by atoms with Crippen molar-refractivity contribution in [3.63, 3.8) is 0 Å². The van der Waals surface area contributed by atoms with E-state index in [0.29, 0.717) is 11.8 Å². The van der Waals surface area contributed by atoms with Gasteiger partial charge in [-0.2, -0.15) is 0 Å². The summed E-state index contributed by atoms with van der Waals surface area (Å²) < 4.78 is 0. The zero-order chi connectivity index (χ0) is 39.3. The Labute approximate surface area is 343 Å². The summed E-state index contributed by atoms with van der Waals surface area (Å²) in [4.78, 5) is 2.71. The maximum atomic E-state index is 2.71. The highest BCUT2D eigenvalue weighted by atomic mass is 15.1. The first-order valence-corrected chi connectivity index (χ1v) is 22.6. The second-order valence-corrected chi connectivity index (χ2v) is 22.3. The molecule has 57 heavy (non-hydrogen) atoms. The Kier molecular flexibility index (Phi) is 7.58. The number of nitrogens with zero attached hydrogens (tertiary/aromatic N) is 1. The minimum atomic E-state index is 0.0777. The van der Waals surface area contributed by atoms with Gasteiger partial charge in [0.15, 0.2) is 0 Å². The normalized spacial score (nSPS) is 28.7. The van der Waals surface area contributed by atoms with Crippen LogP contribution < -0.4 is 4.90 Å². The Bertz CT molecular complexity index is 2330. The SMILES string of the molecule is CC1(C)CCC(C)(C)c2cc(N(c3ccc4c(c3)C(C)(C)CCC4(C)C)c3cccc4c3-c3ccc(-c5ccccc5)cc3C43C4CC5CC(C4)CC3C5)ccc21. The van der Waals surface area contributed by atoms with Crippen LogP contribution in [0.1, 0.15) is 147 Å². The average molecular weight is 750 g/mol. The fraction of sp³-hybridized carbons (Fsp3) is 0.464. The molecular formula is C56H63N. The van der Waals surface area contributed by atoms with Gasteiger partial charge in [-0.3, -0.25) is 0 Å². The van der Waals surface area contributed by atoms with E-state index < -0.39 is 0 Å². The molecule has 4 fully saturated rings. The van der Waals surface area contributed by atoms with E-state index in [1.54, 1.807) is 11.1 Å². The Morgan fingerprint density at radius 2 is 0.947 bits per heavy atom. The molecule has 7 aliphatic rings. The zero-order valence-electron chi connectivity index (χ0n) is 35.9. The van der Waals surface area contributed by atoms with E-state index in [1.165, 1.54) is 119 Å². The van der Waals surface area contributed by atoms with Gasteiger partial charge in [-0.15, -0.1) is 0 Å². The summed E-state index contributed by atoms with van der Waals surface area (Å²) in [6, 6.07) is 41.5. The Morgan fingerprint density at radius 1 is 0.421 bits per heavy atom. The van der Waals surface area contributed by atoms with Crippen molar-refractivity contribution in [2.75, 3.05) is 4.90 Å². The van der Waals surface area contributed by atoms with Crippen molar-refractivity contribution in [3.8, 4) is 22.3 Å². The third-order valence-corrected chi connectivity index (χ3v) is 17.2. The summed E-state index contributed by atoms with van der Waals surface area (Å²) >= 11 is 0. The molecule has 0 aliphatic heterocycles. The third-order valence-electron chi connectivity index (χ3n) is 17.2. The summed E-state index contributed by atoms with van der Waals surface area (Å²) in [5.41, 5.74) is 19.7. The van der Waals surface area contributed by atoms with Crippen molar-refractivity contribution in [2.45, 2.75) is 140 Å². The molecule has 0 amide bonds. The first kappa shape index (κ1) is 36.0. The highest BCUT2D eigenvalue weighted by Gasteiger charge is 2.62. The molecule has 0 atom stereocenters. The number of hydrogen-bond donors (Lipinski definition) is 0. The molecule has 1 nitrogen and oxygen atoms in total. The van der Waals surface area contributed by atoms with Gasteiger partial charge in [0, 0.05) is 22.4 Å². The van der Waals surface area contributed by atoms with Crippen LogP contribution in [0.15, 0.2) is 103 Å². The minimum Gasteiger partial charge on any atom is -0.310 e. The van der Waals surface area contributed by atoms with E-state index in [-0.39, 0.29) is 27.1 Å². The first-order valence-electron chi connectivity index (χ1n) is 22.6. The highest BCUT2D eigenvalue weighted by Crippen LogP contribution is 2.71. The van der Waals surface area contributed by atoms with Crippen molar-refractivity contribution < 1.29 is 0 Å². The van der Waals surface area contributed by atoms with E-state index >= 15 is 0 Å². The van der Waals surface area contributed by atoms with Crippen LogP contribution in [0.5, 0.6) is 0 Å². The second-order valence-electron chi connectivity index (χ2n) is 22.3. The third kappa shape index (κ3) is 5.12. The lowest BCUT2D eigenvalue weighted by Crippen LogP contribution is -2.55. The van der Waals surface area contributed by atoms with Gasteiger partial charge in [-0.1, -0.05) is 122 Å². The van der Waals surface area contributed by atoms with Crippen LogP contribution in [0.4, 0.5) is 17.1 Å². The zero-order valence-corrected chi connectivity index (χ0v) is 35.9. The van der Waals surface area contributed by atoms with E-state index in [2.05, 4.69) is 163 Å². The van der Waals surface area contributed by atoms with Crippen LogP contribution in [0.25, 0.3) is 22.3 Å². The van der Waals surface area contributed by atoms with Gasteiger partial charge in [0.25, 0.3) is 0 Å². The van der Waals surface area contributed by atoms with Gasteiger partial charge in [0.1, 0.15) is 0 Å². The van der Waals surface area contributed by atoms with Crippen LogP contribution in [0.2, 0.25) is 0 Å². The molecule has 1 spiro atoms. The van der Waals surface area contributed by atoms with Gasteiger partial charge in [0.2, 0.25) is 0 Å². The van der Waals surface area contributed by atoms with Crippen LogP contribution in [-0.4, -0.2) is 0 Å². The average Bonchev–Trinajstić information content (AvgIpc) is 3.48. The van der Waals surface area contributed by atoms with Gasteiger partial charge in [-0.25, -0.2) is 0 Å². The van der Waals surface area contributed by atoms with Crippen molar-refractivity contribution in [1.29, 1.82) is 0 Å². The van der Waals surface area contributed by atoms with Crippen molar-refractivity contribution in [3.05, 3.63) is 137 Å². The molecule has 0 radical (unpaired) electrons. The smallest absolute Gasteiger partial charge is 0.0543 e. The second kappa shape index (κ2) is 12.0. The predicted molar refractivity (Wildman–Crippen MR) is 240 cm³/mol. The summed E-state index contributed by atoms with van der Waals surface area (Å²) in [5, 5.41) is 0. The van der Waals surface area contributed by atoms with Crippen molar-refractivity contribution >= 4 is 17.1 Å². The summed E-state index contributed by atoms with van der Waals surface area (Å²) in [5.74, 6) is 3.24. The molecule has 0 heterocycles.